The SMILES string of the molecule is O=C(O)CC(F)(F)C(F)C(F)(F)F. The molecule has 0 heterocycles. The number of alkyl halides is 6. The molecule has 0 spiro atoms. The number of carboxylic acids is 1. The van der Waals surface area contributed by atoms with Gasteiger partial charge in [-0.2, -0.15) is 13.2 Å². The summed E-state index contributed by atoms with van der Waals surface area (Å²) in [5.74, 6) is -7.12. The molecule has 1 N–H and O–H groups in total. The van der Waals surface area contributed by atoms with Gasteiger partial charge in [-0.3, -0.25) is 4.79 Å². The minimum absolute atomic E-state index is 2.19. The lowest BCUT2D eigenvalue weighted by atomic mass is 10.1. The zero-order valence-corrected chi connectivity index (χ0v) is 5.91. The van der Waals surface area contributed by atoms with E-state index in [2.05, 4.69) is 0 Å². The second kappa shape index (κ2) is 3.43. The van der Waals surface area contributed by atoms with Crippen LogP contribution in [0.4, 0.5) is 26.3 Å². The molecule has 1 atom stereocenters. The first-order chi connectivity index (χ1) is 5.57. The molecule has 0 aromatic heterocycles. The van der Waals surface area contributed by atoms with Crippen molar-refractivity contribution in [3.8, 4) is 0 Å². The van der Waals surface area contributed by atoms with Crippen LogP contribution >= 0.6 is 0 Å². The van der Waals surface area contributed by atoms with Crippen molar-refractivity contribution in [1.29, 1.82) is 0 Å². The molecule has 2 nitrogen and oxygen atoms in total. The van der Waals surface area contributed by atoms with Crippen molar-refractivity contribution in [3.63, 3.8) is 0 Å². The summed E-state index contributed by atoms with van der Waals surface area (Å²) < 4.78 is 70.1. The summed E-state index contributed by atoms with van der Waals surface area (Å²) in [5, 5.41) is 7.75. The van der Waals surface area contributed by atoms with E-state index in [0.717, 1.165) is 0 Å². The lowest BCUT2D eigenvalue weighted by molar-refractivity contribution is -0.245. The number of aliphatic carboxylic acids is 1. The summed E-state index contributed by atoms with van der Waals surface area (Å²) in [6, 6.07) is 0. The first kappa shape index (κ1) is 12.0. The lowest BCUT2D eigenvalue weighted by Crippen LogP contribution is -2.42. The first-order valence-corrected chi connectivity index (χ1v) is 2.88. The van der Waals surface area contributed by atoms with Gasteiger partial charge in [-0.15, -0.1) is 0 Å². The van der Waals surface area contributed by atoms with E-state index in [4.69, 9.17) is 5.11 Å². The van der Waals surface area contributed by atoms with Gasteiger partial charge < -0.3 is 5.11 Å². The van der Waals surface area contributed by atoms with E-state index in [9.17, 15) is 31.1 Å². The van der Waals surface area contributed by atoms with Crippen LogP contribution in [0, 0.1) is 0 Å². The van der Waals surface area contributed by atoms with E-state index in [1.165, 1.54) is 0 Å². The van der Waals surface area contributed by atoms with Crippen molar-refractivity contribution >= 4 is 5.97 Å². The number of hydrogen-bond donors (Lipinski definition) is 1. The highest BCUT2D eigenvalue weighted by atomic mass is 19.4. The highest BCUT2D eigenvalue weighted by Crippen LogP contribution is 2.36. The highest BCUT2D eigenvalue weighted by molar-refractivity contribution is 5.67. The summed E-state index contributed by atoms with van der Waals surface area (Å²) in [7, 11) is 0. The third-order valence-electron chi connectivity index (χ3n) is 1.05. The maximum atomic E-state index is 12.1. The van der Waals surface area contributed by atoms with Crippen molar-refractivity contribution in [2.75, 3.05) is 0 Å². The fourth-order valence-electron chi connectivity index (χ4n) is 0.531. The van der Waals surface area contributed by atoms with Crippen LogP contribution in [0.15, 0.2) is 0 Å². The summed E-state index contributed by atoms with van der Waals surface area (Å²) in [5.41, 5.74) is 0. The normalized spacial score (nSPS) is 15.5. The third-order valence-corrected chi connectivity index (χ3v) is 1.05. The third kappa shape index (κ3) is 3.51. The molecular formula is C5H4F6O2. The van der Waals surface area contributed by atoms with Crippen LogP contribution in [0.5, 0.6) is 0 Å². The number of halogens is 6. The molecule has 1 unspecified atom stereocenters. The average Bonchev–Trinajstić information content (AvgIpc) is 1.80. The van der Waals surface area contributed by atoms with Crippen molar-refractivity contribution in [3.05, 3.63) is 0 Å². The molecule has 0 aliphatic carbocycles. The molecule has 0 saturated heterocycles. The Balaban J connectivity index is 4.54. The molecule has 0 aromatic rings. The number of carbonyl (C=O) groups is 1. The van der Waals surface area contributed by atoms with Crippen LogP contribution in [-0.2, 0) is 4.79 Å². The van der Waals surface area contributed by atoms with Gasteiger partial charge in [0.2, 0.25) is 0 Å². The topological polar surface area (TPSA) is 37.3 Å². The Labute approximate surface area is 68.1 Å². The van der Waals surface area contributed by atoms with Gasteiger partial charge in [0.25, 0.3) is 12.1 Å². The van der Waals surface area contributed by atoms with E-state index in [1.807, 2.05) is 0 Å². The van der Waals surface area contributed by atoms with Gasteiger partial charge in [-0.1, -0.05) is 0 Å². The van der Waals surface area contributed by atoms with E-state index in [-0.39, 0.29) is 0 Å². The van der Waals surface area contributed by atoms with Crippen molar-refractivity contribution < 1.29 is 36.2 Å². The quantitative estimate of drug-likeness (QED) is 0.723. The minimum atomic E-state index is -5.75. The van der Waals surface area contributed by atoms with E-state index < -0.39 is 30.7 Å². The molecular weight excluding hydrogens is 206 g/mol. The zero-order chi connectivity index (χ0) is 10.9. The Bertz CT molecular complexity index is 198. The Hall–Kier alpha value is -0.950. The Morgan fingerprint density at radius 3 is 1.85 bits per heavy atom. The maximum Gasteiger partial charge on any atom is 0.425 e. The van der Waals surface area contributed by atoms with Crippen molar-refractivity contribution in [2.45, 2.75) is 24.7 Å². The molecule has 0 radical (unpaired) electrons. The van der Waals surface area contributed by atoms with Crippen LogP contribution < -0.4 is 0 Å². The molecule has 0 aliphatic rings. The second-order valence-corrected chi connectivity index (χ2v) is 2.24. The Morgan fingerprint density at radius 1 is 1.23 bits per heavy atom. The molecule has 0 saturated carbocycles. The lowest BCUT2D eigenvalue weighted by Gasteiger charge is -2.20. The second-order valence-electron chi connectivity index (χ2n) is 2.24. The average molecular weight is 210 g/mol. The molecule has 0 bridgehead atoms. The van der Waals surface area contributed by atoms with Crippen LogP contribution in [0.25, 0.3) is 0 Å². The summed E-state index contributed by atoms with van der Waals surface area (Å²) >= 11 is 0. The van der Waals surface area contributed by atoms with Crippen LogP contribution in [0.1, 0.15) is 6.42 Å². The summed E-state index contributed by atoms with van der Waals surface area (Å²) in [6.07, 6.45) is -12.4. The zero-order valence-electron chi connectivity index (χ0n) is 5.91. The maximum absolute atomic E-state index is 12.1. The summed E-state index contributed by atoms with van der Waals surface area (Å²) in [4.78, 5) is 9.63. The molecule has 13 heavy (non-hydrogen) atoms. The van der Waals surface area contributed by atoms with Gasteiger partial charge in [-0.05, 0) is 0 Å². The predicted octanol–water partition coefficient (Wildman–Crippen LogP) is 2.00. The smallest absolute Gasteiger partial charge is 0.425 e. The number of rotatable bonds is 3. The first-order valence-electron chi connectivity index (χ1n) is 2.88. The van der Waals surface area contributed by atoms with Crippen molar-refractivity contribution in [2.24, 2.45) is 0 Å². The molecule has 0 fully saturated rings. The molecule has 0 rings (SSSR count). The Morgan fingerprint density at radius 2 is 1.62 bits per heavy atom. The predicted molar refractivity (Wildman–Crippen MR) is 28.2 cm³/mol. The molecule has 8 heteroatoms. The molecule has 0 amide bonds. The van der Waals surface area contributed by atoms with Gasteiger partial charge in [-0.25, -0.2) is 13.2 Å². The van der Waals surface area contributed by atoms with Crippen LogP contribution in [0.2, 0.25) is 0 Å². The fraction of sp³-hybridized carbons (Fsp3) is 0.800. The monoisotopic (exact) mass is 210 g/mol. The number of hydrogen-bond acceptors (Lipinski definition) is 1. The summed E-state index contributed by atoms with van der Waals surface area (Å²) in [6.45, 7) is 0. The standard InChI is InChI=1S/C5H4F6O2/c6-3(5(9,10)11)4(7,8)1-2(12)13/h3H,1H2,(H,12,13). The van der Waals surface area contributed by atoms with Crippen molar-refractivity contribution in [1.82, 2.24) is 0 Å². The molecule has 78 valence electrons. The van der Waals surface area contributed by atoms with E-state index in [0.29, 0.717) is 0 Å². The van der Waals surface area contributed by atoms with E-state index >= 15 is 0 Å². The van der Waals surface area contributed by atoms with Gasteiger partial charge in [0, 0.05) is 0 Å². The van der Waals surface area contributed by atoms with Gasteiger partial charge >= 0.3 is 12.1 Å². The number of carboxylic acid groups (broad SMARTS) is 1. The van der Waals surface area contributed by atoms with Crippen LogP contribution in [0.3, 0.4) is 0 Å². The van der Waals surface area contributed by atoms with Crippen LogP contribution in [-0.4, -0.2) is 29.3 Å². The fourth-order valence-corrected chi connectivity index (χ4v) is 0.531. The van der Waals surface area contributed by atoms with Gasteiger partial charge in [0.15, 0.2) is 0 Å². The van der Waals surface area contributed by atoms with Gasteiger partial charge in [0.1, 0.15) is 6.42 Å². The van der Waals surface area contributed by atoms with Gasteiger partial charge in [0.05, 0.1) is 0 Å². The largest absolute Gasteiger partial charge is 0.481 e. The molecule has 0 aromatic carbocycles. The highest BCUT2D eigenvalue weighted by Gasteiger charge is 2.57. The Kier molecular flexibility index (Phi) is 3.18. The minimum Gasteiger partial charge on any atom is -0.481 e. The van der Waals surface area contributed by atoms with E-state index in [1.54, 1.807) is 0 Å². The molecule has 0 aliphatic heterocycles.